The molecule has 2 aromatic heterocycles. The number of nitrogens with one attached hydrogen (secondary N) is 1. The number of hydrogen-bond donors (Lipinski definition) is 2. The molecule has 0 saturated heterocycles. The Bertz CT molecular complexity index is 1600. The van der Waals surface area contributed by atoms with Crippen LogP contribution in [0.1, 0.15) is 41.3 Å². The molecule has 2 aromatic carbocycles. The molecule has 0 aliphatic heterocycles. The van der Waals surface area contributed by atoms with Gasteiger partial charge in [-0.3, -0.25) is 4.79 Å². The lowest BCUT2D eigenvalue weighted by atomic mass is 9.91. The Balaban J connectivity index is 1.34. The molecular formula is C27H19F3N4O3S. The van der Waals surface area contributed by atoms with Gasteiger partial charge >= 0.3 is 6.18 Å². The molecular weight excluding hydrogens is 517 g/mol. The summed E-state index contributed by atoms with van der Waals surface area (Å²) in [7, 11) is 0. The first kappa shape index (κ1) is 24.3. The Labute approximate surface area is 218 Å². The minimum Gasteiger partial charge on any atom is -0.378 e. The predicted octanol–water partition coefficient (Wildman–Crippen LogP) is 5.46. The molecule has 2 heterocycles. The lowest BCUT2D eigenvalue weighted by Gasteiger charge is -2.19. The highest BCUT2D eigenvalue weighted by molar-refractivity contribution is 7.18. The number of halogens is 3. The van der Waals surface area contributed by atoms with Crippen molar-refractivity contribution in [3.8, 4) is 38.5 Å². The fraction of sp³-hybridized carbons (Fsp3) is 0.259. The van der Waals surface area contributed by atoms with E-state index in [0.717, 1.165) is 22.5 Å². The van der Waals surface area contributed by atoms with Gasteiger partial charge in [-0.2, -0.15) is 18.4 Å². The molecule has 4 aromatic rings. The number of aliphatic hydroxyl groups is 1. The number of aryl methyl sites for hydroxylation is 2. The lowest BCUT2D eigenvalue weighted by Crippen LogP contribution is -2.38. The Hall–Kier alpha value is -4.01. The molecule has 2 aliphatic carbocycles. The number of nitriles is 1. The Kier molecular flexibility index (Phi) is 5.63. The van der Waals surface area contributed by atoms with E-state index in [9.17, 15) is 28.3 Å². The first-order chi connectivity index (χ1) is 18.2. The molecule has 1 fully saturated rings. The van der Waals surface area contributed by atoms with E-state index in [1.807, 2.05) is 0 Å². The van der Waals surface area contributed by atoms with Crippen molar-refractivity contribution in [3.63, 3.8) is 0 Å². The summed E-state index contributed by atoms with van der Waals surface area (Å²) < 4.78 is 47.7. The number of aromatic nitrogens is 2. The first-order valence-corrected chi connectivity index (χ1v) is 12.7. The molecule has 0 radical (unpaired) electrons. The SMILES string of the molecule is N#CC1(NC(=O)C(O)c2ccc3c(c2)CCc2nc(-c4onc(-c5ccccc5)c4C(F)(F)F)sc2-3)CC1. The van der Waals surface area contributed by atoms with E-state index in [0.29, 0.717) is 47.4 Å². The van der Waals surface area contributed by atoms with Gasteiger partial charge in [-0.1, -0.05) is 53.7 Å². The van der Waals surface area contributed by atoms with Gasteiger partial charge in [-0.05, 0) is 42.4 Å². The molecule has 0 bridgehead atoms. The first-order valence-electron chi connectivity index (χ1n) is 11.9. The lowest BCUT2D eigenvalue weighted by molar-refractivity contribution is -0.136. The second kappa shape index (κ2) is 8.79. The largest absolute Gasteiger partial charge is 0.422 e. The van der Waals surface area contributed by atoms with Crippen LogP contribution in [0.5, 0.6) is 0 Å². The average Bonchev–Trinajstić information content (AvgIpc) is 3.33. The van der Waals surface area contributed by atoms with Crippen LogP contribution in [0.15, 0.2) is 53.1 Å². The summed E-state index contributed by atoms with van der Waals surface area (Å²) in [6, 6.07) is 15.2. The highest BCUT2D eigenvalue weighted by Crippen LogP contribution is 2.47. The quantitative estimate of drug-likeness (QED) is 0.351. The van der Waals surface area contributed by atoms with Crippen molar-refractivity contribution in [3.05, 3.63) is 70.9 Å². The number of amides is 1. The molecule has 1 unspecified atom stereocenters. The highest BCUT2D eigenvalue weighted by Gasteiger charge is 2.46. The predicted molar refractivity (Wildman–Crippen MR) is 132 cm³/mol. The summed E-state index contributed by atoms with van der Waals surface area (Å²) in [6.07, 6.45) is -4.03. The summed E-state index contributed by atoms with van der Waals surface area (Å²) in [4.78, 5) is 17.7. The van der Waals surface area contributed by atoms with E-state index < -0.39 is 35.1 Å². The Morgan fingerprint density at radius 3 is 2.63 bits per heavy atom. The number of hydrogen-bond acceptors (Lipinski definition) is 7. The summed E-state index contributed by atoms with van der Waals surface area (Å²) in [6.45, 7) is 0. The van der Waals surface area contributed by atoms with Crippen molar-refractivity contribution < 1.29 is 27.6 Å². The van der Waals surface area contributed by atoms with Crippen LogP contribution in [-0.4, -0.2) is 26.7 Å². The van der Waals surface area contributed by atoms with Crippen LogP contribution in [0.4, 0.5) is 13.2 Å². The topological polar surface area (TPSA) is 112 Å². The third-order valence-corrected chi connectivity index (χ3v) is 7.94. The van der Waals surface area contributed by atoms with Gasteiger partial charge in [-0.15, -0.1) is 11.3 Å². The van der Waals surface area contributed by atoms with Crippen molar-refractivity contribution in [2.24, 2.45) is 0 Å². The maximum atomic E-state index is 14.2. The zero-order chi connectivity index (χ0) is 26.7. The van der Waals surface area contributed by atoms with Gasteiger partial charge in [0.05, 0.1) is 16.6 Å². The van der Waals surface area contributed by atoms with Gasteiger partial charge in [0.2, 0.25) is 5.76 Å². The number of nitrogens with zero attached hydrogens (tertiary/aromatic N) is 3. The summed E-state index contributed by atoms with van der Waals surface area (Å²) in [5, 5.41) is 26.2. The Morgan fingerprint density at radius 1 is 1.18 bits per heavy atom. The molecule has 2 N–H and O–H groups in total. The Morgan fingerprint density at radius 2 is 1.95 bits per heavy atom. The molecule has 1 saturated carbocycles. The number of carbonyl (C=O) groups excluding carboxylic acids is 1. The van der Waals surface area contributed by atoms with E-state index in [1.54, 1.807) is 36.4 Å². The molecule has 38 heavy (non-hydrogen) atoms. The number of rotatable bonds is 5. The standard InChI is InChI=1S/C27H19F3N4O3S/c28-27(29,30)19-20(14-4-2-1-3-5-14)34-37-22(19)25-32-18-9-7-15-12-16(6-8-17(15)23(18)38-25)21(35)24(36)33-26(13-31)10-11-26/h1-6,8,12,21,35H,7,9-11H2,(H,33,36). The van der Waals surface area contributed by atoms with E-state index >= 15 is 0 Å². The van der Waals surface area contributed by atoms with Gasteiger partial charge < -0.3 is 14.9 Å². The number of aliphatic hydroxyl groups excluding tert-OH is 1. The second-order valence-electron chi connectivity index (χ2n) is 9.40. The van der Waals surface area contributed by atoms with Gasteiger partial charge in [-0.25, -0.2) is 4.98 Å². The van der Waals surface area contributed by atoms with Crippen LogP contribution < -0.4 is 5.32 Å². The van der Waals surface area contributed by atoms with Crippen LogP contribution in [0.3, 0.4) is 0 Å². The van der Waals surface area contributed by atoms with E-state index in [4.69, 9.17) is 4.52 Å². The zero-order valence-corrected chi connectivity index (χ0v) is 20.5. The minimum atomic E-state index is -4.71. The third-order valence-electron chi connectivity index (χ3n) is 6.81. The van der Waals surface area contributed by atoms with Crippen molar-refractivity contribution >= 4 is 17.2 Å². The highest BCUT2D eigenvalue weighted by atomic mass is 32.1. The molecule has 1 amide bonds. The van der Waals surface area contributed by atoms with Crippen LogP contribution >= 0.6 is 11.3 Å². The minimum absolute atomic E-state index is 0.0829. The van der Waals surface area contributed by atoms with Crippen molar-refractivity contribution in [2.45, 2.75) is 43.5 Å². The van der Waals surface area contributed by atoms with E-state index in [-0.39, 0.29) is 10.7 Å². The van der Waals surface area contributed by atoms with Crippen molar-refractivity contribution in [1.82, 2.24) is 15.5 Å². The van der Waals surface area contributed by atoms with E-state index in [2.05, 4.69) is 21.5 Å². The molecule has 192 valence electrons. The molecule has 11 heteroatoms. The third kappa shape index (κ3) is 4.15. The summed E-state index contributed by atoms with van der Waals surface area (Å²) in [5.41, 5.74) is 0.795. The van der Waals surface area contributed by atoms with Crippen LogP contribution in [0, 0.1) is 11.3 Å². The normalized spacial score (nSPS) is 16.2. The number of carbonyl (C=O) groups is 1. The zero-order valence-electron chi connectivity index (χ0n) is 19.7. The summed E-state index contributed by atoms with van der Waals surface area (Å²) in [5.74, 6) is -1.06. The number of fused-ring (bicyclic) bond motifs is 3. The number of alkyl halides is 3. The molecule has 0 spiro atoms. The van der Waals surface area contributed by atoms with Gasteiger partial charge in [0, 0.05) is 5.56 Å². The van der Waals surface area contributed by atoms with Gasteiger partial charge in [0.1, 0.15) is 16.8 Å². The molecule has 2 aliphatic rings. The van der Waals surface area contributed by atoms with Crippen LogP contribution in [0.2, 0.25) is 0 Å². The van der Waals surface area contributed by atoms with Crippen molar-refractivity contribution in [2.75, 3.05) is 0 Å². The smallest absolute Gasteiger partial charge is 0.378 e. The monoisotopic (exact) mass is 536 g/mol. The fourth-order valence-corrected chi connectivity index (χ4v) is 5.79. The van der Waals surface area contributed by atoms with Crippen LogP contribution in [-0.2, 0) is 23.8 Å². The van der Waals surface area contributed by atoms with Gasteiger partial charge in [0.15, 0.2) is 11.1 Å². The maximum absolute atomic E-state index is 14.2. The average molecular weight is 537 g/mol. The second-order valence-corrected chi connectivity index (χ2v) is 10.4. The van der Waals surface area contributed by atoms with Gasteiger partial charge in [0.25, 0.3) is 5.91 Å². The molecule has 1 atom stereocenters. The fourth-order valence-electron chi connectivity index (χ4n) is 4.63. The molecule has 7 nitrogen and oxygen atoms in total. The van der Waals surface area contributed by atoms with Crippen LogP contribution in [0.25, 0.3) is 32.5 Å². The van der Waals surface area contributed by atoms with E-state index in [1.165, 1.54) is 12.1 Å². The maximum Gasteiger partial charge on any atom is 0.422 e. The number of benzene rings is 2. The summed E-state index contributed by atoms with van der Waals surface area (Å²) >= 11 is 1.09. The molecule has 6 rings (SSSR count). The van der Waals surface area contributed by atoms with Crippen molar-refractivity contribution in [1.29, 1.82) is 5.26 Å². The number of thiazole rings is 1.